The number of pyridine rings is 1. The molecule has 8 heteroatoms. The second-order valence-corrected chi connectivity index (χ2v) is 8.97. The average Bonchev–Trinajstić information content (AvgIpc) is 3.24. The van der Waals surface area contributed by atoms with Crippen LogP contribution >= 0.6 is 0 Å². The van der Waals surface area contributed by atoms with Crippen LogP contribution in [0.4, 0.5) is 5.69 Å². The molecule has 0 saturated carbocycles. The van der Waals surface area contributed by atoms with Crippen molar-refractivity contribution in [3.8, 4) is 11.4 Å². The maximum atomic E-state index is 13.1. The molecular weight excluding hydrogens is 414 g/mol. The molecule has 0 bridgehead atoms. The number of aryl methyl sites for hydroxylation is 2. The molecule has 172 valence electrons. The van der Waals surface area contributed by atoms with Crippen LogP contribution in [0.15, 0.2) is 41.5 Å². The zero-order valence-electron chi connectivity index (χ0n) is 19.8. The number of hydrogen-bond donors (Lipinski definition) is 0. The summed E-state index contributed by atoms with van der Waals surface area (Å²) in [6, 6.07) is 8.04. The lowest BCUT2D eigenvalue weighted by molar-refractivity contribution is 0.190. The lowest BCUT2D eigenvalue weighted by Gasteiger charge is -2.40. The van der Waals surface area contributed by atoms with Gasteiger partial charge < -0.3 is 4.90 Å². The predicted octanol–water partition coefficient (Wildman–Crippen LogP) is 3.20. The second-order valence-electron chi connectivity index (χ2n) is 8.97. The quantitative estimate of drug-likeness (QED) is 0.470. The zero-order chi connectivity index (χ0) is 23.1. The van der Waals surface area contributed by atoms with Gasteiger partial charge in [-0.15, -0.1) is 0 Å². The van der Waals surface area contributed by atoms with Gasteiger partial charge in [0.2, 0.25) is 0 Å². The van der Waals surface area contributed by atoms with Crippen molar-refractivity contribution in [2.75, 3.05) is 31.1 Å². The molecule has 33 heavy (non-hydrogen) atoms. The highest BCUT2D eigenvalue weighted by Gasteiger charge is 2.23. The Morgan fingerprint density at radius 2 is 1.91 bits per heavy atom. The lowest BCUT2D eigenvalue weighted by Crippen LogP contribution is -2.52. The van der Waals surface area contributed by atoms with Crippen LogP contribution in [0.5, 0.6) is 0 Å². The summed E-state index contributed by atoms with van der Waals surface area (Å²) < 4.78 is 3.48. The van der Waals surface area contributed by atoms with Gasteiger partial charge in [-0.05, 0) is 51.4 Å². The van der Waals surface area contributed by atoms with Gasteiger partial charge in [0.15, 0.2) is 0 Å². The van der Waals surface area contributed by atoms with Crippen LogP contribution in [-0.2, 0) is 6.42 Å². The van der Waals surface area contributed by atoms with Crippen LogP contribution in [-0.4, -0.2) is 61.1 Å². The first-order valence-electron chi connectivity index (χ1n) is 11.9. The van der Waals surface area contributed by atoms with Gasteiger partial charge in [0.25, 0.3) is 5.56 Å². The van der Waals surface area contributed by atoms with Crippen LogP contribution in [0.1, 0.15) is 38.6 Å². The van der Waals surface area contributed by atoms with E-state index in [1.807, 2.05) is 36.0 Å². The number of fused-ring (bicyclic) bond motifs is 2. The molecule has 0 N–H and O–H groups in total. The van der Waals surface area contributed by atoms with E-state index >= 15 is 0 Å². The Morgan fingerprint density at radius 3 is 2.67 bits per heavy atom. The van der Waals surface area contributed by atoms with E-state index in [1.165, 1.54) is 6.42 Å². The summed E-state index contributed by atoms with van der Waals surface area (Å²) in [5.41, 5.74) is 5.70. The summed E-state index contributed by atoms with van der Waals surface area (Å²) in [5, 5.41) is 4.67. The smallest absolute Gasteiger partial charge is 0.258 e. The van der Waals surface area contributed by atoms with Gasteiger partial charge in [-0.25, -0.2) is 9.50 Å². The minimum atomic E-state index is -0.100. The van der Waals surface area contributed by atoms with Gasteiger partial charge in [0, 0.05) is 37.9 Å². The summed E-state index contributed by atoms with van der Waals surface area (Å²) in [6.45, 7) is 12.6. The van der Waals surface area contributed by atoms with Crippen LogP contribution in [0.3, 0.4) is 0 Å². The zero-order valence-corrected chi connectivity index (χ0v) is 19.8. The van der Waals surface area contributed by atoms with Crippen molar-refractivity contribution in [3.63, 3.8) is 0 Å². The molecule has 0 aromatic carbocycles. The number of anilines is 1. The fraction of sp³-hybridized carbons (Fsp3) is 0.440. The van der Waals surface area contributed by atoms with Crippen LogP contribution in [0, 0.1) is 6.92 Å². The summed E-state index contributed by atoms with van der Waals surface area (Å²) in [7, 11) is 0. The molecular formula is C25H31N7O. The summed E-state index contributed by atoms with van der Waals surface area (Å²) in [4.78, 5) is 27.3. The third kappa shape index (κ3) is 3.99. The summed E-state index contributed by atoms with van der Waals surface area (Å²) in [6.07, 6.45) is 5.81. The van der Waals surface area contributed by atoms with E-state index in [-0.39, 0.29) is 5.56 Å². The fourth-order valence-electron chi connectivity index (χ4n) is 4.83. The molecule has 1 aliphatic rings. The maximum Gasteiger partial charge on any atom is 0.258 e. The van der Waals surface area contributed by atoms with Crippen molar-refractivity contribution < 1.29 is 0 Å². The topological polar surface area (TPSA) is 71.0 Å². The lowest BCUT2D eigenvalue weighted by atomic mass is 10.1. The first kappa shape index (κ1) is 21.6. The van der Waals surface area contributed by atoms with Gasteiger partial charge in [0.1, 0.15) is 11.3 Å². The van der Waals surface area contributed by atoms with Gasteiger partial charge >= 0.3 is 0 Å². The van der Waals surface area contributed by atoms with Gasteiger partial charge in [-0.3, -0.25) is 19.1 Å². The number of piperazine rings is 1. The third-order valence-corrected chi connectivity index (χ3v) is 6.53. The predicted molar refractivity (Wildman–Crippen MR) is 131 cm³/mol. The average molecular weight is 446 g/mol. The fourth-order valence-corrected chi connectivity index (χ4v) is 4.83. The van der Waals surface area contributed by atoms with Crippen LogP contribution < -0.4 is 10.5 Å². The Labute approximate surface area is 193 Å². The molecule has 4 aromatic rings. The Morgan fingerprint density at radius 1 is 1.06 bits per heavy atom. The molecule has 0 aliphatic carbocycles. The molecule has 0 radical (unpaired) electrons. The molecule has 0 unspecified atom stereocenters. The van der Waals surface area contributed by atoms with E-state index in [0.29, 0.717) is 23.1 Å². The molecule has 0 amide bonds. The van der Waals surface area contributed by atoms with E-state index in [9.17, 15) is 4.79 Å². The van der Waals surface area contributed by atoms with E-state index in [1.54, 1.807) is 10.5 Å². The summed E-state index contributed by atoms with van der Waals surface area (Å²) >= 11 is 0. The summed E-state index contributed by atoms with van der Waals surface area (Å²) in [5.74, 6) is 0. The number of nitrogens with zero attached hydrogens (tertiary/aromatic N) is 7. The van der Waals surface area contributed by atoms with E-state index in [4.69, 9.17) is 4.98 Å². The van der Waals surface area contributed by atoms with E-state index < -0.39 is 0 Å². The molecule has 5 heterocycles. The van der Waals surface area contributed by atoms with Crippen molar-refractivity contribution in [1.29, 1.82) is 0 Å². The highest BCUT2D eigenvalue weighted by atomic mass is 16.1. The highest BCUT2D eigenvalue weighted by molar-refractivity contribution is 5.66. The van der Waals surface area contributed by atoms with Crippen molar-refractivity contribution in [2.45, 2.75) is 46.6 Å². The van der Waals surface area contributed by atoms with Crippen molar-refractivity contribution in [1.82, 2.24) is 28.9 Å². The van der Waals surface area contributed by atoms with Gasteiger partial charge in [-0.2, -0.15) is 5.10 Å². The largest absolute Gasteiger partial charge is 0.367 e. The van der Waals surface area contributed by atoms with Crippen molar-refractivity contribution >= 4 is 16.9 Å². The molecule has 1 fully saturated rings. The van der Waals surface area contributed by atoms with E-state index in [2.05, 4.69) is 46.7 Å². The standard InChI is InChI=1S/C25H31N7O/c1-5-9-29-10-11-30(15-18(29)4)19-7-8-24-27-21(13-25(33)31(24)16-19)22-12-23-20(6-2)26-17(3)14-32(23)28-22/h7-8,12-14,16,18H,5-6,9-11,15H2,1-4H3/t18-/m1/s1. The molecule has 5 rings (SSSR count). The monoisotopic (exact) mass is 445 g/mol. The Bertz CT molecular complexity index is 1370. The second kappa shape index (κ2) is 8.59. The van der Waals surface area contributed by atoms with Gasteiger partial charge in [-0.1, -0.05) is 13.8 Å². The first-order valence-corrected chi connectivity index (χ1v) is 11.9. The van der Waals surface area contributed by atoms with Gasteiger partial charge in [0.05, 0.1) is 34.5 Å². The Balaban J connectivity index is 1.48. The Kier molecular flexibility index (Phi) is 5.62. The highest BCUT2D eigenvalue weighted by Crippen LogP contribution is 2.22. The molecule has 1 atom stereocenters. The molecule has 1 aliphatic heterocycles. The molecule has 8 nitrogen and oxygen atoms in total. The Hall–Kier alpha value is -3.26. The number of aromatic nitrogens is 5. The SMILES string of the molecule is CCCN1CCN(c2ccc3nc(-c4cc5c(CC)nc(C)cn5n4)cc(=O)n3c2)C[C@H]1C. The normalized spacial score (nSPS) is 17.3. The number of hydrogen-bond acceptors (Lipinski definition) is 6. The van der Waals surface area contributed by atoms with Crippen LogP contribution in [0.25, 0.3) is 22.6 Å². The van der Waals surface area contributed by atoms with Crippen molar-refractivity contribution in [3.05, 3.63) is 58.4 Å². The van der Waals surface area contributed by atoms with Crippen LogP contribution in [0.2, 0.25) is 0 Å². The molecule has 0 spiro atoms. The molecule has 4 aromatic heterocycles. The number of rotatable bonds is 5. The minimum absolute atomic E-state index is 0.100. The maximum absolute atomic E-state index is 13.1. The first-order chi connectivity index (χ1) is 16.0. The minimum Gasteiger partial charge on any atom is -0.367 e. The molecule has 1 saturated heterocycles. The van der Waals surface area contributed by atoms with Crippen molar-refractivity contribution in [2.24, 2.45) is 0 Å². The third-order valence-electron chi connectivity index (χ3n) is 6.53. The van der Waals surface area contributed by atoms with E-state index in [0.717, 1.165) is 55.2 Å².